The predicted molar refractivity (Wildman–Crippen MR) is 82.9 cm³/mol. The number of halogens is 2. The van der Waals surface area contributed by atoms with E-state index in [4.69, 9.17) is 5.73 Å². The summed E-state index contributed by atoms with van der Waals surface area (Å²) in [5.74, 6) is 0.939. The molecule has 0 amide bonds. The van der Waals surface area contributed by atoms with Crippen LogP contribution in [0.1, 0.15) is 31.5 Å². The number of nitrogens with one attached hydrogen (secondary N) is 1. The van der Waals surface area contributed by atoms with Gasteiger partial charge in [-0.15, -0.1) is 24.8 Å². The highest BCUT2D eigenvalue weighted by molar-refractivity contribution is 5.85. The van der Waals surface area contributed by atoms with Crippen LogP contribution in [-0.2, 0) is 5.54 Å². The van der Waals surface area contributed by atoms with E-state index in [-0.39, 0.29) is 30.4 Å². The highest BCUT2D eigenvalue weighted by Crippen LogP contribution is 2.35. The fourth-order valence-corrected chi connectivity index (χ4v) is 2.58. The van der Waals surface area contributed by atoms with E-state index in [9.17, 15) is 0 Å². The molecule has 1 fully saturated rings. The molecule has 1 aliphatic rings. The molecule has 3 N–H and O–H groups in total. The molecule has 1 aromatic carbocycles. The Kier molecular flexibility index (Phi) is 5.41. The molecule has 0 unspecified atom stereocenters. The molecule has 0 saturated heterocycles. The third-order valence-corrected chi connectivity index (χ3v) is 3.63. The number of rotatable bonds is 2. The van der Waals surface area contributed by atoms with Gasteiger partial charge in [0.25, 0.3) is 0 Å². The molecule has 104 valence electrons. The minimum absolute atomic E-state index is 0. The van der Waals surface area contributed by atoms with E-state index in [1.54, 1.807) is 0 Å². The Hall–Kier alpha value is -1.03. The normalized spacial score (nSPS) is 16.5. The maximum Gasteiger partial charge on any atom is 0.126 e. The molecule has 0 atom stereocenters. The number of aromatic amines is 1. The van der Waals surface area contributed by atoms with Crippen molar-refractivity contribution < 1.29 is 0 Å². The molecular formula is C14H19Cl2N3. The van der Waals surface area contributed by atoms with Crippen molar-refractivity contribution in [3.05, 3.63) is 42.4 Å². The van der Waals surface area contributed by atoms with Gasteiger partial charge in [0.2, 0.25) is 0 Å². The highest BCUT2D eigenvalue weighted by atomic mass is 35.5. The molecule has 0 bridgehead atoms. The number of nitrogens with two attached hydrogens (primary N) is 1. The van der Waals surface area contributed by atoms with Gasteiger partial charge in [0, 0.05) is 0 Å². The van der Waals surface area contributed by atoms with Crippen LogP contribution < -0.4 is 5.73 Å². The zero-order valence-corrected chi connectivity index (χ0v) is 12.3. The molecule has 2 aromatic rings. The first-order chi connectivity index (χ1) is 8.28. The van der Waals surface area contributed by atoms with Crippen LogP contribution in [0.25, 0.3) is 11.3 Å². The van der Waals surface area contributed by atoms with Gasteiger partial charge in [-0.3, -0.25) is 0 Å². The van der Waals surface area contributed by atoms with Gasteiger partial charge in [0.15, 0.2) is 0 Å². The average Bonchev–Trinajstić information content (AvgIpc) is 2.99. The van der Waals surface area contributed by atoms with Gasteiger partial charge in [-0.25, -0.2) is 4.98 Å². The Morgan fingerprint density at radius 2 is 1.68 bits per heavy atom. The molecule has 1 saturated carbocycles. The molecule has 5 heteroatoms. The number of hydrogen-bond acceptors (Lipinski definition) is 2. The van der Waals surface area contributed by atoms with Crippen molar-refractivity contribution >= 4 is 24.8 Å². The van der Waals surface area contributed by atoms with E-state index in [0.717, 1.165) is 29.9 Å². The van der Waals surface area contributed by atoms with Gasteiger partial charge in [0.05, 0.1) is 17.4 Å². The van der Waals surface area contributed by atoms with E-state index in [2.05, 4.69) is 22.1 Å². The zero-order valence-electron chi connectivity index (χ0n) is 10.6. The third kappa shape index (κ3) is 3.11. The summed E-state index contributed by atoms with van der Waals surface area (Å²) >= 11 is 0. The van der Waals surface area contributed by atoms with Crippen molar-refractivity contribution in [3.8, 4) is 11.3 Å². The van der Waals surface area contributed by atoms with Crippen molar-refractivity contribution in [1.82, 2.24) is 9.97 Å². The van der Waals surface area contributed by atoms with Crippen LogP contribution in [0.15, 0.2) is 36.5 Å². The minimum atomic E-state index is -0.229. The summed E-state index contributed by atoms with van der Waals surface area (Å²) in [6.07, 6.45) is 6.37. The molecule has 1 aromatic heterocycles. The molecule has 3 rings (SSSR count). The summed E-state index contributed by atoms with van der Waals surface area (Å²) in [6, 6.07) is 10.2. The molecular weight excluding hydrogens is 281 g/mol. The summed E-state index contributed by atoms with van der Waals surface area (Å²) in [7, 11) is 0. The quantitative estimate of drug-likeness (QED) is 0.889. The van der Waals surface area contributed by atoms with Gasteiger partial charge in [-0.05, 0) is 18.4 Å². The SMILES string of the molecule is Cl.Cl.NC1(c2ncc(-c3ccccc3)[nH]2)CCCC1. The number of benzene rings is 1. The maximum absolute atomic E-state index is 6.38. The first kappa shape index (κ1) is 16.0. The highest BCUT2D eigenvalue weighted by Gasteiger charge is 2.33. The van der Waals surface area contributed by atoms with E-state index in [0.29, 0.717) is 0 Å². The van der Waals surface area contributed by atoms with Crippen LogP contribution in [0.3, 0.4) is 0 Å². The number of hydrogen-bond donors (Lipinski definition) is 2. The van der Waals surface area contributed by atoms with Crippen molar-refractivity contribution in [2.75, 3.05) is 0 Å². The van der Waals surface area contributed by atoms with Gasteiger partial charge in [-0.2, -0.15) is 0 Å². The number of aromatic nitrogens is 2. The lowest BCUT2D eigenvalue weighted by Gasteiger charge is -2.20. The monoisotopic (exact) mass is 299 g/mol. The maximum atomic E-state index is 6.38. The number of imidazole rings is 1. The lowest BCUT2D eigenvalue weighted by Crippen LogP contribution is -2.34. The summed E-state index contributed by atoms with van der Waals surface area (Å²) < 4.78 is 0. The van der Waals surface area contributed by atoms with Crippen LogP contribution in [0, 0.1) is 0 Å². The molecule has 3 nitrogen and oxygen atoms in total. The summed E-state index contributed by atoms with van der Waals surface area (Å²) in [4.78, 5) is 7.84. The topological polar surface area (TPSA) is 54.7 Å². The zero-order chi connectivity index (χ0) is 11.7. The lowest BCUT2D eigenvalue weighted by molar-refractivity contribution is 0.436. The van der Waals surface area contributed by atoms with Gasteiger partial charge in [-0.1, -0.05) is 43.2 Å². The Balaban J connectivity index is 0.000000902. The minimum Gasteiger partial charge on any atom is -0.340 e. The Morgan fingerprint density at radius 3 is 2.32 bits per heavy atom. The van der Waals surface area contributed by atoms with Gasteiger partial charge < -0.3 is 10.7 Å². The third-order valence-electron chi connectivity index (χ3n) is 3.63. The van der Waals surface area contributed by atoms with Gasteiger partial charge in [0.1, 0.15) is 5.82 Å². The largest absolute Gasteiger partial charge is 0.340 e. The second-order valence-electron chi connectivity index (χ2n) is 4.87. The second kappa shape index (κ2) is 6.42. The van der Waals surface area contributed by atoms with Crippen molar-refractivity contribution in [2.45, 2.75) is 31.2 Å². The molecule has 0 aliphatic heterocycles. The lowest BCUT2D eigenvalue weighted by atomic mass is 9.99. The van der Waals surface area contributed by atoms with Gasteiger partial charge >= 0.3 is 0 Å². The van der Waals surface area contributed by atoms with Crippen LogP contribution in [0.5, 0.6) is 0 Å². The van der Waals surface area contributed by atoms with Crippen LogP contribution >= 0.6 is 24.8 Å². The van der Waals surface area contributed by atoms with Crippen molar-refractivity contribution in [3.63, 3.8) is 0 Å². The first-order valence-electron chi connectivity index (χ1n) is 6.18. The smallest absolute Gasteiger partial charge is 0.126 e. The summed E-state index contributed by atoms with van der Waals surface area (Å²) in [5.41, 5.74) is 8.36. The van der Waals surface area contributed by atoms with Crippen LogP contribution in [-0.4, -0.2) is 9.97 Å². The first-order valence-corrected chi connectivity index (χ1v) is 6.18. The van der Waals surface area contributed by atoms with E-state index < -0.39 is 0 Å². The summed E-state index contributed by atoms with van der Waals surface area (Å²) in [6.45, 7) is 0. The Morgan fingerprint density at radius 1 is 1.05 bits per heavy atom. The summed E-state index contributed by atoms with van der Waals surface area (Å²) in [5, 5.41) is 0. The standard InChI is InChI=1S/C14H17N3.2ClH/c15-14(8-4-5-9-14)13-16-10-12(17-13)11-6-2-1-3-7-11;;/h1-3,6-7,10H,4-5,8-9,15H2,(H,16,17);2*1H. The van der Waals surface area contributed by atoms with Crippen molar-refractivity contribution in [1.29, 1.82) is 0 Å². The van der Waals surface area contributed by atoms with Crippen molar-refractivity contribution in [2.24, 2.45) is 5.73 Å². The fraction of sp³-hybridized carbons (Fsp3) is 0.357. The molecule has 0 spiro atoms. The van der Waals surface area contributed by atoms with Crippen LogP contribution in [0.4, 0.5) is 0 Å². The fourth-order valence-electron chi connectivity index (χ4n) is 2.58. The van der Waals surface area contributed by atoms with E-state index in [1.165, 1.54) is 12.8 Å². The van der Waals surface area contributed by atoms with Crippen LogP contribution in [0.2, 0.25) is 0 Å². The molecule has 1 aliphatic carbocycles. The number of nitrogens with zero attached hydrogens (tertiary/aromatic N) is 1. The Labute approximate surface area is 125 Å². The molecule has 0 radical (unpaired) electrons. The Bertz CT molecular complexity index is 504. The molecule has 1 heterocycles. The van der Waals surface area contributed by atoms with E-state index >= 15 is 0 Å². The molecule has 19 heavy (non-hydrogen) atoms. The van der Waals surface area contributed by atoms with E-state index in [1.807, 2.05) is 24.4 Å². The average molecular weight is 300 g/mol. The predicted octanol–water partition coefficient (Wildman–Crippen LogP) is 3.65. The second-order valence-corrected chi connectivity index (χ2v) is 4.87. The number of H-pyrrole nitrogens is 1.